The molecule has 3 fully saturated rings. The molecular formula is C28H32F3N5O3S. The first-order chi connectivity index (χ1) is 19.2. The maximum atomic E-state index is 13.4. The lowest BCUT2D eigenvalue weighted by Crippen LogP contribution is -2.47. The van der Waals surface area contributed by atoms with E-state index < -0.39 is 11.7 Å². The minimum Gasteiger partial charge on any atom is -0.381 e. The van der Waals surface area contributed by atoms with Crippen molar-refractivity contribution in [2.24, 2.45) is 0 Å². The van der Waals surface area contributed by atoms with Crippen molar-refractivity contribution < 1.29 is 22.7 Å². The lowest BCUT2D eigenvalue weighted by Gasteiger charge is -2.33. The summed E-state index contributed by atoms with van der Waals surface area (Å²) in [6, 6.07) is 7.16. The van der Waals surface area contributed by atoms with Crippen molar-refractivity contribution in [3.63, 3.8) is 0 Å². The molecule has 2 amide bonds. The molecule has 12 heteroatoms. The Morgan fingerprint density at radius 3 is 2.52 bits per heavy atom. The van der Waals surface area contributed by atoms with Gasteiger partial charge in [-0.3, -0.25) is 14.3 Å². The van der Waals surface area contributed by atoms with Crippen LogP contribution < -0.4 is 5.56 Å². The van der Waals surface area contributed by atoms with Crippen LogP contribution in [-0.4, -0.2) is 88.8 Å². The van der Waals surface area contributed by atoms with Gasteiger partial charge in [0, 0.05) is 63.4 Å². The van der Waals surface area contributed by atoms with E-state index in [-0.39, 0.29) is 23.7 Å². The predicted octanol–water partition coefficient (Wildman–Crippen LogP) is 4.70. The van der Waals surface area contributed by atoms with Gasteiger partial charge in [-0.2, -0.15) is 13.2 Å². The summed E-state index contributed by atoms with van der Waals surface area (Å²) in [5.74, 6) is 0. The number of benzene rings is 1. The summed E-state index contributed by atoms with van der Waals surface area (Å²) in [6.07, 6.45) is 0.822. The van der Waals surface area contributed by atoms with E-state index in [2.05, 4.69) is 9.88 Å². The normalized spacial score (nSPS) is 22.9. The lowest BCUT2D eigenvalue weighted by atomic mass is 10.1. The number of hydrogen-bond acceptors (Lipinski definition) is 6. The molecule has 8 nitrogen and oxygen atoms in total. The van der Waals surface area contributed by atoms with Crippen LogP contribution in [0.4, 0.5) is 18.0 Å². The van der Waals surface area contributed by atoms with Gasteiger partial charge >= 0.3 is 12.2 Å². The van der Waals surface area contributed by atoms with Crippen molar-refractivity contribution in [2.75, 3.05) is 46.4 Å². The highest BCUT2D eigenvalue weighted by Gasteiger charge is 2.36. The van der Waals surface area contributed by atoms with Crippen LogP contribution in [0.3, 0.4) is 0 Å². The molecule has 3 saturated heterocycles. The van der Waals surface area contributed by atoms with Crippen molar-refractivity contribution in [1.29, 1.82) is 0 Å². The zero-order valence-corrected chi connectivity index (χ0v) is 23.1. The third kappa shape index (κ3) is 5.24. The molecule has 0 spiro atoms. The number of likely N-dealkylation sites (N-methyl/N-ethyl adjacent to an activating group) is 1. The molecule has 0 saturated carbocycles. The van der Waals surface area contributed by atoms with Gasteiger partial charge in [0.2, 0.25) is 0 Å². The van der Waals surface area contributed by atoms with Crippen LogP contribution in [0.15, 0.2) is 41.5 Å². The van der Waals surface area contributed by atoms with Gasteiger partial charge in [0.15, 0.2) is 0 Å². The van der Waals surface area contributed by atoms with Crippen molar-refractivity contribution in [1.82, 2.24) is 24.3 Å². The smallest absolute Gasteiger partial charge is 0.381 e. The average molecular weight is 576 g/mol. The molecule has 0 radical (unpaired) electrons. The summed E-state index contributed by atoms with van der Waals surface area (Å²) in [6.45, 7) is 4.48. The Morgan fingerprint density at radius 2 is 1.80 bits per heavy atom. The number of nitrogens with zero attached hydrogens (tertiary/aromatic N) is 5. The minimum absolute atomic E-state index is 0.0101. The molecule has 2 aromatic heterocycles. The van der Waals surface area contributed by atoms with Gasteiger partial charge in [0.25, 0.3) is 5.56 Å². The molecule has 0 unspecified atom stereocenters. The van der Waals surface area contributed by atoms with E-state index in [1.807, 2.05) is 16.8 Å². The van der Waals surface area contributed by atoms with Crippen LogP contribution in [0.5, 0.6) is 0 Å². The monoisotopic (exact) mass is 575 g/mol. The van der Waals surface area contributed by atoms with Gasteiger partial charge in [-0.25, -0.2) is 9.78 Å². The second-order valence-corrected chi connectivity index (χ2v) is 12.0. The van der Waals surface area contributed by atoms with Crippen LogP contribution in [0.1, 0.15) is 37.3 Å². The van der Waals surface area contributed by atoms with E-state index in [0.29, 0.717) is 46.2 Å². The van der Waals surface area contributed by atoms with E-state index in [4.69, 9.17) is 4.74 Å². The fraction of sp³-hybridized carbons (Fsp3) is 0.536. The maximum Gasteiger partial charge on any atom is 0.416 e. The van der Waals surface area contributed by atoms with Crippen LogP contribution in [-0.2, 0) is 10.9 Å². The summed E-state index contributed by atoms with van der Waals surface area (Å²) >= 11 is 1.23. The van der Waals surface area contributed by atoms with Crippen molar-refractivity contribution in [2.45, 2.75) is 50.0 Å². The van der Waals surface area contributed by atoms with Gasteiger partial charge in [0.1, 0.15) is 4.70 Å². The number of hydrogen-bond donors (Lipinski definition) is 0. The zero-order chi connectivity index (χ0) is 28.0. The van der Waals surface area contributed by atoms with Crippen LogP contribution >= 0.6 is 11.3 Å². The molecule has 3 aliphatic heterocycles. The largest absolute Gasteiger partial charge is 0.416 e. The average Bonchev–Trinajstić information content (AvgIpc) is 3.73. The highest BCUT2D eigenvalue weighted by Crippen LogP contribution is 2.35. The van der Waals surface area contributed by atoms with E-state index >= 15 is 0 Å². The Bertz CT molecular complexity index is 1430. The fourth-order valence-electron chi connectivity index (χ4n) is 6.14. The molecule has 40 heavy (non-hydrogen) atoms. The molecule has 3 aromatic rings. The Kier molecular flexibility index (Phi) is 7.34. The first-order valence-corrected chi connectivity index (χ1v) is 14.5. The first-order valence-electron chi connectivity index (χ1n) is 13.7. The highest BCUT2D eigenvalue weighted by molar-refractivity contribution is 7.22. The molecule has 214 valence electrons. The number of ether oxygens (including phenoxy) is 1. The van der Waals surface area contributed by atoms with Gasteiger partial charge in [-0.05, 0) is 49.4 Å². The number of carbonyl (C=O) groups excluding carboxylic acids is 1. The third-order valence-corrected chi connectivity index (χ3v) is 9.70. The Morgan fingerprint density at radius 1 is 1.05 bits per heavy atom. The van der Waals surface area contributed by atoms with Crippen LogP contribution in [0.2, 0.25) is 0 Å². The standard InChI is InChI=1S/C28H32F3N5O3S/c1-33(21-6-10-34(15-21)20-8-12-39-13-9-20)27(38)35-11-7-22(16-35)36-17-32-23-14-24(40-25(23)26(36)37)18-2-4-19(5-3-18)28(29,30)31/h2-5,14,17,20-22H,6-13,15-16H2,1H3/t21-,22-/m0/s1. The second kappa shape index (κ2) is 10.8. The predicted molar refractivity (Wildman–Crippen MR) is 147 cm³/mol. The third-order valence-electron chi connectivity index (χ3n) is 8.54. The SMILES string of the molecule is CN(C(=O)N1CC[C@H](n2cnc3cc(-c4ccc(C(F)(F)F)cc4)sc3c2=O)C1)[C@H]1CCN(C2CCOCC2)C1. The van der Waals surface area contributed by atoms with Crippen LogP contribution in [0, 0.1) is 0 Å². The molecule has 3 aliphatic rings. The second-order valence-electron chi connectivity index (χ2n) is 10.9. The number of thiophene rings is 1. The Hall–Kier alpha value is -2.96. The maximum absolute atomic E-state index is 13.4. The molecule has 6 rings (SSSR count). The zero-order valence-electron chi connectivity index (χ0n) is 22.3. The van der Waals surface area contributed by atoms with E-state index in [1.165, 1.54) is 29.8 Å². The van der Waals surface area contributed by atoms with Gasteiger partial charge in [0.05, 0.1) is 23.4 Å². The van der Waals surface area contributed by atoms with Crippen molar-refractivity contribution >= 4 is 27.6 Å². The molecule has 0 aliphatic carbocycles. The number of alkyl halides is 3. The van der Waals surface area contributed by atoms with E-state index in [1.54, 1.807) is 10.6 Å². The van der Waals surface area contributed by atoms with Crippen molar-refractivity contribution in [3.05, 3.63) is 52.6 Å². The fourth-order valence-corrected chi connectivity index (χ4v) is 7.19. The number of amides is 2. The highest BCUT2D eigenvalue weighted by atomic mass is 32.1. The summed E-state index contributed by atoms with van der Waals surface area (Å²) in [5.41, 5.74) is 0.212. The number of aromatic nitrogens is 2. The van der Waals surface area contributed by atoms with Crippen LogP contribution in [0.25, 0.3) is 20.7 Å². The van der Waals surface area contributed by atoms with Crippen molar-refractivity contribution in [3.8, 4) is 10.4 Å². The Labute approximate surface area is 233 Å². The summed E-state index contributed by atoms with van der Waals surface area (Å²) in [4.78, 5) is 38.1. The molecule has 0 bridgehead atoms. The van der Waals surface area contributed by atoms with Gasteiger partial charge in [-0.15, -0.1) is 11.3 Å². The van der Waals surface area contributed by atoms with Gasteiger partial charge < -0.3 is 14.5 Å². The summed E-state index contributed by atoms with van der Waals surface area (Å²) in [7, 11) is 1.88. The van der Waals surface area contributed by atoms with E-state index in [9.17, 15) is 22.8 Å². The molecule has 2 atom stereocenters. The number of likely N-dealkylation sites (tertiary alicyclic amines) is 2. The minimum atomic E-state index is -4.40. The Balaban J connectivity index is 1.12. The molecule has 5 heterocycles. The number of rotatable bonds is 4. The lowest BCUT2D eigenvalue weighted by molar-refractivity contribution is -0.137. The molecule has 1 aromatic carbocycles. The van der Waals surface area contributed by atoms with Gasteiger partial charge in [-0.1, -0.05) is 12.1 Å². The molecular weight excluding hydrogens is 543 g/mol. The molecule has 0 N–H and O–H groups in total. The first kappa shape index (κ1) is 27.2. The number of fused-ring (bicyclic) bond motifs is 1. The quantitative estimate of drug-likeness (QED) is 0.451. The summed E-state index contributed by atoms with van der Waals surface area (Å²) in [5, 5.41) is 0. The van der Waals surface area contributed by atoms with E-state index in [0.717, 1.165) is 57.7 Å². The number of halogens is 3. The topological polar surface area (TPSA) is 70.9 Å². The summed E-state index contributed by atoms with van der Waals surface area (Å²) < 4.78 is 46.4. The number of carbonyl (C=O) groups is 1. The number of urea groups is 1.